The quantitative estimate of drug-likeness (QED) is 0.667. The summed E-state index contributed by atoms with van der Waals surface area (Å²) in [5.41, 5.74) is 0.0178. The molecule has 1 saturated carbocycles. The average molecular weight is 379 g/mol. The van der Waals surface area contributed by atoms with Crippen molar-refractivity contribution in [3.63, 3.8) is 0 Å². The first-order chi connectivity index (χ1) is 12.6. The zero-order valence-electron chi connectivity index (χ0n) is 17.2. The Morgan fingerprint density at radius 1 is 0.889 bits per heavy atom. The van der Waals surface area contributed by atoms with Gasteiger partial charge in [0.05, 0.1) is 12.7 Å². The van der Waals surface area contributed by atoms with Crippen LogP contribution in [0.2, 0.25) is 0 Å². The molecule has 3 saturated heterocycles. The molecule has 152 valence electrons. The topological polar surface area (TPSA) is 46.2 Å². The second-order valence-electron chi connectivity index (χ2n) is 9.74. The third-order valence-corrected chi connectivity index (χ3v) is 6.82. The third kappa shape index (κ3) is 3.22. The van der Waals surface area contributed by atoms with Crippen molar-refractivity contribution in [2.24, 2.45) is 10.8 Å². The molecule has 0 N–H and O–H groups in total. The number of allylic oxidation sites excluding steroid dienone is 2. The van der Waals surface area contributed by atoms with Gasteiger partial charge in [-0.25, -0.2) is 0 Å². The number of hydrogen-bond acceptors (Lipinski definition) is 5. The fraction of sp³-hybridized carbons (Fsp3) is 0.818. The Kier molecular flexibility index (Phi) is 4.64. The Morgan fingerprint density at radius 3 is 2.19 bits per heavy atom. The summed E-state index contributed by atoms with van der Waals surface area (Å²) >= 11 is 0. The van der Waals surface area contributed by atoms with E-state index in [-0.39, 0.29) is 35.4 Å². The highest BCUT2D eigenvalue weighted by atomic mass is 16.8. The third-order valence-electron chi connectivity index (χ3n) is 6.82. The molecule has 5 heteroatoms. The fourth-order valence-corrected chi connectivity index (χ4v) is 5.89. The van der Waals surface area contributed by atoms with E-state index in [2.05, 4.69) is 13.2 Å². The number of ether oxygens (including phenoxy) is 5. The van der Waals surface area contributed by atoms with Crippen molar-refractivity contribution in [1.29, 1.82) is 0 Å². The maximum atomic E-state index is 6.48. The molecular formula is C22H34O5. The van der Waals surface area contributed by atoms with Crippen molar-refractivity contribution in [3.8, 4) is 0 Å². The minimum absolute atomic E-state index is 0.0821. The van der Waals surface area contributed by atoms with Crippen LogP contribution in [0.25, 0.3) is 0 Å². The van der Waals surface area contributed by atoms with Crippen molar-refractivity contribution in [2.75, 3.05) is 6.61 Å². The molecule has 4 rings (SSSR count). The molecule has 27 heavy (non-hydrogen) atoms. The van der Waals surface area contributed by atoms with E-state index in [0.29, 0.717) is 6.61 Å². The van der Waals surface area contributed by atoms with Gasteiger partial charge >= 0.3 is 0 Å². The summed E-state index contributed by atoms with van der Waals surface area (Å²) in [7, 11) is 0. The molecule has 0 bridgehead atoms. The van der Waals surface area contributed by atoms with Gasteiger partial charge in [0.2, 0.25) is 0 Å². The number of rotatable bonds is 5. The lowest BCUT2D eigenvalue weighted by Crippen LogP contribution is -2.47. The Bertz CT molecular complexity index is 602. The molecule has 3 heterocycles. The molecule has 5 atom stereocenters. The van der Waals surface area contributed by atoms with Crippen LogP contribution in [0, 0.1) is 10.8 Å². The van der Waals surface area contributed by atoms with Crippen LogP contribution in [0.15, 0.2) is 25.3 Å². The highest BCUT2D eigenvalue weighted by molar-refractivity contribution is 5.14. The van der Waals surface area contributed by atoms with Gasteiger partial charge in [-0.15, -0.1) is 13.2 Å². The van der Waals surface area contributed by atoms with E-state index in [1.54, 1.807) is 0 Å². The second kappa shape index (κ2) is 6.39. The molecule has 3 aliphatic heterocycles. The van der Waals surface area contributed by atoms with Gasteiger partial charge < -0.3 is 23.7 Å². The SMILES string of the molecule is C=CCC1(CC=C)CC[C@@]2(C1)[C@@H]([C@H]1COC(C)(C)O1)O[C@@H]1OC(C)(C)O[C@@H]12. The van der Waals surface area contributed by atoms with Crippen LogP contribution in [-0.2, 0) is 23.7 Å². The van der Waals surface area contributed by atoms with Gasteiger partial charge in [-0.3, -0.25) is 0 Å². The van der Waals surface area contributed by atoms with Crippen LogP contribution in [0.1, 0.15) is 59.8 Å². The standard InChI is InChI=1S/C22H34O5/c1-7-9-21(10-8-2)11-12-22(14-21)16(15-13-23-19(3,4)25-15)24-18-17(22)26-20(5,6)27-18/h7-8,15-18H,1-2,9-14H2,3-6H3/t15-,16-,17+,18-,22-/m1/s1. The first-order valence-electron chi connectivity index (χ1n) is 10.2. The molecule has 4 fully saturated rings. The van der Waals surface area contributed by atoms with Crippen molar-refractivity contribution in [1.82, 2.24) is 0 Å². The van der Waals surface area contributed by atoms with Gasteiger partial charge in [0.25, 0.3) is 0 Å². The maximum absolute atomic E-state index is 6.48. The Hall–Kier alpha value is -0.720. The van der Waals surface area contributed by atoms with Crippen molar-refractivity contribution < 1.29 is 23.7 Å². The van der Waals surface area contributed by atoms with E-state index in [0.717, 1.165) is 32.1 Å². The largest absolute Gasteiger partial charge is 0.348 e. The molecule has 0 aromatic heterocycles. The summed E-state index contributed by atoms with van der Waals surface area (Å²) in [6.45, 7) is 16.4. The van der Waals surface area contributed by atoms with Crippen molar-refractivity contribution >= 4 is 0 Å². The van der Waals surface area contributed by atoms with E-state index in [9.17, 15) is 0 Å². The van der Waals surface area contributed by atoms with Gasteiger partial charge in [-0.2, -0.15) is 0 Å². The summed E-state index contributed by atoms with van der Waals surface area (Å²) in [6, 6.07) is 0. The van der Waals surface area contributed by atoms with Gasteiger partial charge in [-0.05, 0) is 65.2 Å². The molecule has 5 nitrogen and oxygen atoms in total. The summed E-state index contributed by atoms with van der Waals surface area (Å²) in [5.74, 6) is -1.20. The Labute approximate surface area is 163 Å². The van der Waals surface area contributed by atoms with E-state index in [1.807, 2.05) is 39.8 Å². The zero-order chi connectivity index (χ0) is 19.5. The minimum atomic E-state index is -0.623. The second-order valence-corrected chi connectivity index (χ2v) is 9.74. The van der Waals surface area contributed by atoms with E-state index >= 15 is 0 Å². The Balaban J connectivity index is 1.67. The summed E-state index contributed by atoms with van der Waals surface area (Å²) < 4.78 is 31.1. The molecule has 0 aromatic rings. The van der Waals surface area contributed by atoms with Gasteiger partial charge in [0, 0.05) is 5.41 Å². The zero-order valence-corrected chi connectivity index (χ0v) is 17.2. The highest BCUT2D eigenvalue weighted by Gasteiger charge is 2.69. The summed E-state index contributed by atoms with van der Waals surface area (Å²) in [4.78, 5) is 0. The normalized spacial score (nSPS) is 43.9. The van der Waals surface area contributed by atoms with Crippen LogP contribution in [0.3, 0.4) is 0 Å². The highest BCUT2D eigenvalue weighted by Crippen LogP contribution is 2.64. The van der Waals surface area contributed by atoms with Crippen LogP contribution in [0.4, 0.5) is 0 Å². The van der Waals surface area contributed by atoms with Crippen LogP contribution in [0.5, 0.6) is 0 Å². The van der Waals surface area contributed by atoms with Gasteiger partial charge in [0.1, 0.15) is 12.2 Å². The van der Waals surface area contributed by atoms with Gasteiger partial charge in [-0.1, -0.05) is 12.2 Å². The molecule has 0 radical (unpaired) electrons. The lowest BCUT2D eigenvalue weighted by atomic mass is 9.70. The molecule has 0 amide bonds. The molecular weight excluding hydrogens is 344 g/mol. The molecule has 4 aliphatic rings. The Morgan fingerprint density at radius 2 is 1.59 bits per heavy atom. The number of hydrogen-bond donors (Lipinski definition) is 0. The predicted octanol–water partition coefficient (Wildman–Crippen LogP) is 4.32. The van der Waals surface area contributed by atoms with Crippen molar-refractivity contribution in [2.45, 2.75) is 96.0 Å². The minimum Gasteiger partial charge on any atom is -0.348 e. The van der Waals surface area contributed by atoms with E-state index in [1.165, 1.54) is 0 Å². The van der Waals surface area contributed by atoms with E-state index in [4.69, 9.17) is 23.7 Å². The average Bonchev–Trinajstić information content (AvgIpc) is 3.25. The summed E-state index contributed by atoms with van der Waals surface area (Å²) in [5, 5.41) is 0. The van der Waals surface area contributed by atoms with Crippen LogP contribution in [-0.4, -0.2) is 42.8 Å². The smallest absolute Gasteiger partial charge is 0.188 e. The molecule has 1 aliphatic carbocycles. The maximum Gasteiger partial charge on any atom is 0.188 e. The predicted molar refractivity (Wildman–Crippen MR) is 102 cm³/mol. The lowest BCUT2D eigenvalue weighted by molar-refractivity contribution is -0.237. The van der Waals surface area contributed by atoms with E-state index < -0.39 is 11.6 Å². The van der Waals surface area contributed by atoms with Crippen LogP contribution >= 0.6 is 0 Å². The summed E-state index contributed by atoms with van der Waals surface area (Å²) in [6.07, 6.45) is 8.54. The molecule has 0 unspecified atom stereocenters. The van der Waals surface area contributed by atoms with Crippen LogP contribution < -0.4 is 0 Å². The lowest BCUT2D eigenvalue weighted by Gasteiger charge is -2.39. The molecule has 0 aromatic carbocycles. The molecule has 1 spiro atoms. The van der Waals surface area contributed by atoms with Gasteiger partial charge in [0.15, 0.2) is 17.9 Å². The van der Waals surface area contributed by atoms with Crippen molar-refractivity contribution in [3.05, 3.63) is 25.3 Å². The fourth-order valence-electron chi connectivity index (χ4n) is 5.89. The first kappa shape index (κ1) is 19.6. The first-order valence-corrected chi connectivity index (χ1v) is 10.2. The number of fused-ring (bicyclic) bond motifs is 2. The monoisotopic (exact) mass is 378 g/mol.